The molecule has 0 aliphatic carbocycles. The molecule has 0 radical (unpaired) electrons. The number of carbonyl (C=O) groups excluding carboxylic acids is 1. The van der Waals surface area contributed by atoms with Crippen LogP contribution in [0.2, 0.25) is 0 Å². The molecule has 128 valence electrons. The summed E-state index contributed by atoms with van der Waals surface area (Å²) in [6, 6.07) is 15.8. The molecule has 0 aliphatic rings. The van der Waals surface area contributed by atoms with Crippen molar-refractivity contribution in [1.82, 2.24) is 5.32 Å². The zero-order valence-corrected chi connectivity index (χ0v) is 15.0. The lowest BCUT2D eigenvalue weighted by Gasteiger charge is -2.21. The van der Waals surface area contributed by atoms with Crippen molar-refractivity contribution in [2.75, 3.05) is 6.26 Å². The minimum absolute atomic E-state index is 0.0757. The Labute approximate surface area is 143 Å². The standard InChI is InChI=1S/C19H23NO3S/c1-14(2)13-18(15-7-5-4-6-8-15)20-19(21)16-9-11-17(12-10-16)24(3,22)23/h4-12,14,18H,13H2,1-3H3,(H,20,21). The van der Waals surface area contributed by atoms with Gasteiger partial charge in [0.1, 0.15) is 0 Å². The van der Waals surface area contributed by atoms with E-state index < -0.39 is 9.84 Å². The zero-order chi connectivity index (χ0) is 17.7. The van der Waals surface area contributed by atoms with E-state index in [1.165, 1.54) is 12.1 Å². The van der Waals surface area contributed by atoms with Crippen LogP contribution in [0.15, 0.2) is 59.5 Å². The third kappa shape index (κ3) is 4.93. The van der Waals surface area contributed by atoms with Crippen LogP contribution >= 0.6 is 0 Å². The normalized spacial score (nSPS) is 12.8. The Balaban J connectivity index is 2.18. The third-order valence-electron chi connectivity index (χ3n) is 3.76. The lowest BCUT2D eigenvalue weighted by molar-refractivity contribution is 0.0932. The average Bonchev–Trinajstić information content (AvgIpc) is 2.54. The summed E-state index contributed by atoms with van der Waals surface area (Å²) in [5.74, 6) is 0.229. The summed E-state index contributed by atoms with van der Waals surface area (Å²) in [6.07, 6.45) is 1.98. The molecule has 0 bridgehead atoms. The van der Waals surface area contributed by atoms with Crippen molar-refractivity contribution in [1.29, 1.82) is 0 Å². The van der Waals surface area contributed by atoms with Gasteiger partial charge >= 0.3 is 0 Å². The Bertz CT molecular complexity index is 781. The van der Waals surface area contributed by atoms with Crippen LogP contribution < -0.4 is 5.32 Å². The summed E-state index contributed by atoms with van der Waals surface area (Å²) in [4.78, 5) is 12.7. The summed E-state index contributed by atoms with van der Waals surface area (Å²) >= 11 is 0. The van der Waals surface area contributed by atoms with E-state index in [2.05, 4.69) is 19.2 Å². The van der Waals surface area contributed by atoms with Crippen LogP contribution in [-0.4, -0.2) is 20.6 Å². The van der Waals surface area contributed by atoms with E-state index in [0.717, 1.165) is 18.2 Å². The molecule has 24 heavy (non-hydrogen) atoms. The Morgan fingerprint density at radius 3 is 2.08 bits per heavy atom. The van der Waals surface area contributed by atoms with Gasteiger partial charge in [0, 0.05) is 11.8 Å². The second kappa shape index (κ2) is 7.62. The number of rotatable bonds is 6. The van der Waals surface area contributed by atoms with Gasteiger partial charge in [-0.15, -0.1) is 0 Å². The Morgan fingerprint density at radius 1 is 1.00 bits per heavy atom. The van der Waals surface area contributed by atoms with Crippen molar-refractivity contribution < 1.29 is 13.2 Å². The molecular weight excluding hydrogens is 322 g/mol. The van der Waals surface area contributed by atoms with Gasteiger partial charge in [0.25, 0.3) is 5.91 Å². The van der Waals surface area contributed by atoms with Gasteiger partial charge < -0.3 is 5.32 Å². The molecule has 1 atom stereocenters. The molecule has 5 heteroatoms. The first kappa shape index (κ1) is 18.2. The first-order valence-corrected chi connectivity index (χ1v) is 9.82. The van der Waals surface area contributed by atoms with Crippen LogP contribution in [0.4, 0.5) is 0 Å². The van der Waals surface area contributed by atoms with Crippen molar-refractivity contribution in [3.63, 3.8) is 0 Å². The van der Waals surface area contributed by atoms with E-state index in [9.17, 15) is 13.2 Å². The molecule has 0 aliphatic heterocycles. The number of hydrogen-bond donors (Lipinski definition) is 1. The van der Waals surface area contributed by atoms with Crippen molar-refractivity contribution in [2.45, 2.75) is 31.2 Å². The Kier molecular flexibility index (Phi) is 5.78. The fourth-order valence-electron chi connectivity index (χ4n) is 2.53. The first-order valence-electron chi connectivity index (χ1n) is 7.93. The van der Waals surface area contributed by atoms with E-state index in [0.29, 0.717) is 11.5 Å². The summed E-state index contributed by atoms with van der Waals surface area (Å²) in [6.45, 7) is 4.23. The van der Waals surface area contributed by atoms with E-state index in [-0.39, 0.29) is 16.8 Å². The molecule has 0 fully saturated rings. The van der Waals surface area contributed by atoms with E-state index in [1.54, 1.807) is 12.1 Å². The van der Waals surface area contributed by atoms with Gasteiger partial charge in [-0.2, -0.15) is 0 Å². The van der Waals surface area contributed by atoms with Crippen LogP contribution in [0.1, 0.15) is 42.2 Å². The molecule has 0 aromatic heterocycles. The predicted octanol–water partition coefficient (Wildman–Crippen LogP) is 3.61. The van der Waals surface area contributed by atoms with Gasteiger partial charge in [-0.1, -0.05) is 44.2 Å². The SMILES string of the molecule is CC(C)CC(NC(=O)c1ccc(S(C)(=O)=O)cc1)c1ccccc1. The van der Waals surface area contributed by atoms with Crippen LogP contribution in [0, 0.1) is 5.92 Å². The zero-order valence-electron chi connectivity index (χ0n) is 14.2. The fraction of sp³-hybridized carbons (Fsp3) is 0.316. The van der Waals surface area contributed by atoms with E-state index >= 15 is 0 Å². The third-order valence-corrected chi connectivity index (χ3v) is 4.89. The molecule has 2 rings (SSSR count). The summed E-state index contributed by atoms with van der Waals surface area (Å²) in [5.41, 5.74) is 1.51. The highest BCUT2D eigenvalue weighted by atomic mass is 32.2. The van der Waals surface area contributed by atoms with Crippen molar-refractivity contribution >= 4 is 15.7 Å². The van der Waals surface area contributed by atoms with Gasteiger partial charge in [0.15, 0.2) is 9.84 Å². The lowest BCUT2D eigenvalue weighted by Crippen LogP contribution is -2.29. The van der Waals surface area contributed by atoms with E-state index in [1.807, 2.05) is 30.3 Å². The predicted molar refractivity (Wildman–Crippen MR) is 95.7 cm³/mol. The highest BCUT2D eigenvalue weighted by molar-refractivity contribution is 7.90. The van der Waals surface area contributed by atoms with Crippen molar-refractivity contribution in [3.05, 3.63) is 65.7 Å². The molecule has 4 nitrogen and oxygen atoms in total. The van der Waals surface area contributed by atoms with Gasteiger partial charge in [-0.25, -0.2) is 8.42 Å². The topological polar surface area (TPSA) is 63.2 Å². The van der Waals surface area contributed by atoms with Crippen LogP contribution in [0.3, 0.4) is 0 Å². The monoisotopic (exact) mass is 345 g/mol. The highest BCUT2D eigenvalue weighted by Crippen LogP contribution is 2.22. The second-order valence-electron chi connectivity index (χ2n) is 6.36. The molecule has 0 saturated carbocycles. The number of sulfone groups is 1. The maximum atomic E-state index is 12.5. The lowest BCUT2D eigenvalue weighted by atomic mass is 9.96. The Hall–Kier alpha value is -2.14. The van der Waals surface area contributed by atoms with Gasteiger partial charge in [0.2, 0.25) is 0 Å². The molecule has 1 amide bonds. The first-order chi connectivity index (χ1) is 11.3. The maximum Gasteiger partial charge on any atom is 0.251 e. The molecule has 0 saturated heterocycles. The summed E-state index contributed by atoms with van der Waals surface area (Å²) < 4.78 is 23.0. The van der Waals surface area contributed by atoms with Crippen molar-refractivity contribution in [3.8, 4) is 0 Å². The molecule has 0 spiro atoms. The van der Waals surface area contributed by atoms with Crippen LogP contribution in [0.25, 0.3) is 0 Å². The quantitative estimate of drug-likeness (QED) is 0.870. The summed E-state index contributed by atoms with van der Waals surface area (Å²) in [5, 5.41) is 3.05. The Morgan fingerprint density at radius 2 is 1.58 bits per heavy atom. The minimum Gasteiger partial charge on any atom is -0.345 e. The molecule has 2 aromatic rings. The molecular formula is C19H23NO3S. The molecule has 1 unspecified atom stereocenters. The number of amides is 1. The van der Waals surface area contributed by atoms with Gasteiger partial charge in [0.05, 0.1) is 10.9 Å². The van der Waals surface area contributed by atoms with E-state index in [4.69, 9.17) is 0 Å². The minimum atomic E-state index is -3.26. The maximum absolute atomic E-state index is 12.5. The molecule has 0 heterocycles. The summed E-state index contributed by atoms with van der Waals surface area (Å²) in [7, 11) is -3.26. The van der Waals surface area contributed by atoms with Crippen LogP contribution in [0.5, 0.6) is 0 Å². The second-order valence-corrected chi connectivity index (χ2v) is 8.38. The van der Waals surface area contributed by atoms with Gasteiger partial charge in [-0.05, 0) is 42.2 Å². The fourth-order valence-corrected chi connectivity index (χ4v) is 3.16. The number of hydrogen-bond acceptors (Lipinski definition) is 3. The van der Waals surface area contributed by atoms with Crippen LogP contribution in [-0.2, 0) is 9.84 Å². The average molecular weight is 345 g/mol. The number of nitrogens with one attached hydrogen (secondary N) is 1. The number of carbonyl (C=O) groups is 1. The van der Waals surface area contributed by atoms with Crippen molar-refractivity contribution in [2.24, 2.45) is 5.92 Å². The molecule has 2 aromatic carbocycles. The smallest absolute Gasteiger partial charge is 0.251 e. The number of benzene rings is 2. The molecule has 1 N–H and O–H groups in total. The van der Waals surface area contributed by atoms with Gasteiger partial charge in [-0.3, -0.25) is 4.79 Å². The highest BCUT2D eigenvalue weighted by Gasteiger charge is 2.17. The largest absolute Gasteiger partial charge is 0.345 e.